The fourth-order valence-corrected chi connectivity index (χ4v) is 4.61. The highest BCUT2D eigenvalue weighted by Gasteiger charge is 2.26. The molecule has 0 aromatic carbocycles. The number of carbonyl (C=O) groups is 1. The number of thiazole rings is 1. The van der Waals surface area contributed by atoms with E-state index in [2.05, 4.69) is 36.1 Å². The van der Waals surface area contributed by atoms with Crippen LogP contribution in [0.5, 0.6) is 0 Å². The molecule has 0 spiro atoms. The molecule has 1 aliphatic rings. The summed E-state index contributed by atoms with van der Waals surface area (Å²) in [5.41, 5.74) is 0.985. The lowest BCUT2D eigenvalue weighted by molar-refractivity contribution is -0.120. The number of pyridine rings is 1. The monoisotopic (exact) mass is 426 g/mol. The maximum atomic E-state index is 12.5. The largest absolute Gasteiger partial charge is 0.357 e. The quantitative estimate of drug-likeness (QED) is 0.742. The summed E-state index contributed by atoms with van der Waals surface area (Å²) in [4.78, 5) is 23.6. The standard InChI is InChI=1S/C16H19BrN4OS2/c1-10-15(23-2)24-16(19-10)20-14(22)11-5-7-21(8-6-11)13-4-3-12(17)9-18-13/h3-4,9,11H,5-8H2,1-2H3,(H,19,20,22). The fraction of sp³-hybridized carbons (Fsp3) is 0.438. The molecular weight excluding hydrogens is 408 g/mol. The van der Waals surface area contributed by atoms with Crippen LogP contribution in [0.1, 0.15) is 18.5 Å². The number of halogens is 1. The van der Waals surface area contributed by atoms with Crippen molar-refractivity contribution in [2.24, 2.45) is 5.92 Å². The number of amides is 1. The van der Waals surface area contributed by atoms with Gasteiger partial charge in [-0.1, -0.05) is 11.3 Å². The number of hydrogen-bond acceptors (Lipinski definition) is 6. The lowest BCUT2D eigenvalue weighted by atomic mass is 9.96. The number of carbonyl (C=O) groups excluding carboxylic acids is 1. The zero-order chi connectivity index (χ0) is 17.1. The number of hydrogen-bond donors (Lipinski definition) is 1. The maximum absolute atomic E-state index is 12.5. The Morgan fingerprint density at radius 3 is 2.75 bits per heavy atom. The third-order valence-corrected chi connectivity index (χ3v) is 6.82. The molecule has 2 aromatic heterocycles. The van der Waals surface area contributed by atoms with Crippen LogP contribution in [-0.4, -0.2) is 35.2 Å². The van der Waals surface area contributed by atoms with Crippen molar-refractivity contribution >= 4 is 55.9 Å². The summed E-state index contributed by atoms with van der Waals surface area (Å²) in [6.07, 6.45) is 5.51. The third kappa shape index (κ3) is 4.10. The Hall–Kier alpha value is -1.12. The van der Waals surface area contributed by atoms with Crippen LogP contribution in [0.25, 0.3) is 0 Å². The van der Waals surface area contributed by atoms with Gasteiger partial charge >= 0.3 is 0 Å². The average Bonchev–Trinajstić information content (AvgIpc) is 2.95. The van der Waals surface area contributed by atoms with E-state index in [1.54, 1.807) is 23.1 Å². The number of piperidine rings is 1. The Morgan fingerprint density at radius 1 is 1.42 bits per heavy atom. The first kappa shape index (κ1) is 17.7. The molecule has 8 heteroatoms. The smallest absolute Gasteiger partial charge is 0.229 e. The molecule has 0 atom stereocenters. The van der Waals surface area contributed by atoms with Gasteiger partial charge < -0.3 is 10.2 Å². The normalized spacial score (nSPS) is 15.5. The molecule has 24 heavy (non-hydrogen) atoms. The van der Waals surface area contributed by atoms with E-state index in [0.29, 0.717) is 5.13 Å². The van der Waals surface area contributed by atoms with Crippen LogP contribution in [0.15, 0.2) is 27.0 Å². The zero-order valence-electron chi connectivity index (χ0n) is 13.6. The van der Waals surface area contributed by atoms with Crippen LogP contribution in [0, 0.1) is 12.8 Å². The molecule has 1 N–H and O–H groups in total. The second-order valence-corrected chi connectivity index (χ2v) is 8.67. The highest BCUT2D eigenvalue weighted by atomic mass is 79.9. The van der Waals surface area contributed by atoms with Crippen molar-refractivity contribution < 1.29 is 4.79 Å². The Balaban J connectivity index is 1.55. The minimum Gasteiger partial charge on any atom is -0.357 e. The van der Waals surface area contributed by atoms with Gasteiger partial charge in [0.1, 0.15) is 5.82 Å². The molecule has 0 aliphatic carbocycles. The summed E-state index contributed by atoms with van der Waals surface area (Å²) in [5.74, 6) is 1.09. The van der Waals surface area contributed by atoms with E-state index in [0.717, 1.165) is 46.1 Å². The van der Waals surface area contributed by atoms with Crippen molar-refractivity contribution in [3.63, 3.8) is 0 Å². The molecular formula is C16H19BrN4OS2. The van der Waals surface area contributed by atoms with E-state index in [9.17, 15) is 4.79 Å². The molecule has 3 rings (SSSR count). The molecule has 1 saturated heterocycles. The molecule has 1 fully saturated rings. The summed E-state index contributed by atoms with van der Waals surface area (Å²) in [5, 5.41) is 3.69. The van der Waals surface area contributed by atoms with E-state index >= 15 is 0 Å². The van der Waals surface area contributed by atoms with Gasteiger partial charge in [-0.05, 0) is 54.1 Å². The minimum atomic E-state index is 0.0404. The lowest BCUT2D eigenvalue weighted by Gasteiger charge is -2.32. The van der Waals surface area contributed by atoms with E-state index in [-0.39, 0.29) is 11.8 Å². The van der Waals surface area contributed by atoms with Gasteiger partial charge in [0.2, 0.25) is 5.91 Å². The van der Waals surface area contributed by atoms with E-state index in [4.69, 9.17) is 0 Å². The molecule has 128 valence electrons. The summed E-state index contributed by atoms with van der Waals surface area (Å²) in [6, 6.07) is 4.00. The molecule has 3 heterocycles. The van der Waals surface area contributed by atoms with Crippen LogP contribution >= 0.6 is 39.0 Å². The van der Waals surface area contributed by atoms with Crippen molar-refractivity contribution in [1.82, 2.24) is 9.97 Å². The number of aryl methyl sites for hydroxylation is 1. The van der Waals surface area contributed by atoms with Gasteiger partial charge in [-0.3, -0.25) is 4.79 Å². The Bertz CT molecular complexity index is 711. The molecule has 0 unspecified atom stereocenters. The summed E-state index contributed by atoms with van der Waals surface area (Å²) in [7, 11) is 0. The maximum Gasteiger partial charge on any atom is 0.229 e. The van der Waals surface area contributed by atoms with Gasteiger partial charge in [-0.15, -0.1) is 11.8 Å². The van der Waals surface area contributed by atoms with Crippen molar-refractivity contribution in [2.75, 3.05) is 29.6 Å². The van der Waals surface area contributed by atoms with Crippen LogP contribution in [-0.2, 0) is 4.79 Å². The van der Waals surface area contributed by atoms with Gasteiger partial charge in [0.25, 0.3) is 0 Å². The zero-order valence-corrected chi connectivity index (χ0v) is 16.8. The second-order valence-electron chi connectivity index (χ2n) is 5.68. The first-order chi connectivity index (χ1) is 11.6. The predicted octanol–water partition coefficient (Wildman–Crippen LogP) is 4.19. The number of rotatable bonds is 4. The highest BCUT2D eigenvalue weighted by Crippen LogP contribution is 2.31. The summed E-state index contributed by atoms with van der Waals surface area (Å²) in [6.45, 7) is 3.67. The molecule has 1 aliphatic heterocycles. The Morgan fingerprint density at radius 2 is 2.17 bits per heavy atom. The number of thioether (sulfide) groups is 1. The topological polar surface area (TPSA) is 58.1 Å². The molecule has 0 radical (unpaired) electrons. The first-order valence-corrected chi connectivity index (χ1v) is 10.6. The van der Waals surface area contributed by atoms with Gasteiger partial charge in [0, 0.05) is 29.7 Å². The van der Waals surface area contributed by atoms with E-state index in [1.165, 1.54) is 0 Å². The van der Waals surface area contributed by atoms with Crippen LogP contribution in [0.4, 0.5) is 10.9 Å². The second kappa shape index (κ2) is 7.84. The van der Waals surface area contributed by atoms with Gasteiger partial charge in [-0.2, -0.15) is 0 Å². The SMILES string of the molecule is CSc1sc(NC(=O)C2CCN(c3ccc(Br)cn3)CC2)nc1C. The van der Waals surface area contributed by atoms with E-state index < -0.39 is 0 Å². The third-order valence-electron chi connectivity index (χ3n) is 4.07. The van der Waals surface area contributed by atoms with Crippen LogP contribution in [0.3, 0.4) is 0 Å². The molecule has 0 saturated carbocycles. The summed E-state index contributed by atoms with van der Waals surface area (Å²) >= 11 is 6.61. The number of nitrogens with one attached hydrogen (secondary N) is 1. The van der Waals surface area contributed by atoms with Crippen molar-refractivity contribution in [3.05, 3.63) is 28.5 Å². The number of anilines is 2. The first-order valence-electron chi connectivity index (χ1n) is 7.75. The van der Waals surface area contributed by atoms with Gasteiger partial charge in [-0.25, -0.2) is 9.97 Å². The molecule has 0 bridgehead atoms. The predicted molar refractivity (Wildman–Crippen MR) is 104 cm³/mol. The fourth-order valence-electron chi connectivity index (χ4n) is 2.76. The highest BCUT2D eigenvalue weighted by molar-refractivity contribution is 9.10. The van der Waals surface area contributed by atoms with Crippen molar-refractivity contribution in [3.8, 4) is 0 Å². The van der Waals surface area contributed by atoms with Gasteiger partial charge in [0.05, 0.1) is 9.90 Å². The Kier molecular flexibility index (Phi) is 5.78. The molecule has 1 amide bonds. The Labute approximate surface area is 158 Å². The van der Waals surface area contributed by atoms with Crippen LogP contribution < -0.4 is 10.2 Å². The minimum absolute atomic E-state index is 0.0404. The number of nitrogens with zero attached hydrogens (tertiary/aromatic N) is 3. The van der Waals surface area contributed by atoms with Gasteiger partial charge in [0.15, 0.2) is 5.13 Å². The van der Waals surface area contributed by atoms with Crippen molar-refractivity contribution in [1.29, 1.82) is 0 Å². The lowest BCUT2D eigenvalue weighted by Crippen LogP contribution is -2.38. The summed E-state index contributed by atoms with van der Waals surface area (Å²) < 4.78 is 2.13. The van der Waals surface area contributed by atoms with E-state index in [1.807, 2.05) is 31.5 Å². The molecule has 5 nitrogen and oxygen atoms in total. The van der Waals surface area contributed by atoms with Crippen LogP contribution in [0.2, 0.25) is 0 Å². The average molecular weight is 427 g/mol. The van der Waals surface area contributed by atoms with Crippen molar-refractivity contribution in [2.45, 2.75) is 24.0 Å². The molecule has 2 aromatic rings. The number of aromatic nitrogens is 2.